The number of likely N-dealkylation sites (tertiary alicyclic amines) is 1. The van der Waals surface area contributed by atoms with Crippen molar-refractivity contribution in [3.8, 4) is 12.1 Å². The number of ketones is 1. The summed E-state index contributed by atoms with van der Waals surface area (Å²) in [5, 5.41) is 18.2. The van der Waals surface area contributed by atoms with Crippen LogP contribution in [0.4, 0.5) is 0 Å². The molecular weight excluding hydrogens is 314 g/mol. The zero-order valence-corrected chi connectivity index (χ0v) is 14.2. The lowest BCUT2D eigenvalue weighted by Gasteiger charge is -2.39. The minimum atomic E-state index is -0.678. The number of allylic oxidation sites excluding steroid dienone is 6. The fraction of sp³-hybridized carbons (Fsp3) is 0.350. The summed E-state index contributed by atoms with van der Waals surface area (Å²) in [6, 6.07) is 3.60. The van der Waals surface area contributed by atoms with E-state index in [9.17, 15) is 4.79 Å². The normalized spacial score (nSPS) is 26.1. The van der Waals surface area contributed by atoms with Crippen molar-refractivity contribution in [2.24, 2.45) is 0 Å². The van der Waals surface area contributed by atoms with Gasteiger partial charge in [-0.15, -0.1) is 0 Å². The number of nitrogens with zero attached hydrogens (tertiary/aromatic N) is 3. The standard InChI is InChI=1S/C20H17N3O2/c1-3-8-23-15-7-5-4-6-14(15)20(2)16(23)9-13-18(24)17(19(13)25-20)12(10-21)11-22/h6-7,9H,3-5,8H2,1-2H3. The number of hydrogen-bond acceptors (Lipinski definition) is 5. The molecule has 0 spiro atoms. The molecule has 2 aliphatic carbocycles. The quantitative estimate of drug-likeness (QED) is 0.574. The molecule has 1 unspecified atom stereocenters. The number of carbonyl (C=O) groups is 1. The van der Waals surface area contributed by atoms with Gasteiger partial charge in [-0.3, -0.25) is 4.79 Å². The van der Waals surface area contributed by atoms with Crippen LogP contribution in [0.25, 0.3) is 0 Å². The van der Waals surface area contributed by atoms with Crippen LogP contribution < -0.4 is 0 Å². The van der Waals surface area contributed by atoms with Crippen LogP contribution in [0.15, 0.2) is 57.7 Å². The number of carbonyl (C=O) groups excluding carboxylic acids is 1. The highest BCUT2D eigenvalue weighted by atomic mass is 16.5. The molecule has 5 nitrogen and oxygen atoms in total. The van der Waals surface area contributed by atoms with Gasteiger partial charge in [0.2, 0.25) is 5.78 Å². The summed E-state index contributed by atoms with van der Waals surface area (Å²) in [6.45, 7) is 4.98. The summed E-state index contributed by atoms with van der Waals surface area (Å²) in [6.07, 6.45) is 9.24. The van der Waals surface area contributed by atoms with Gasteiger partial charge in [-0.05, 0) is 32.3 Å². The molecular formula is C20H17N3O2. The number of ether oxygens (including phenoxy) is 1. The van der Waals surface area contributed by atoms with E-state index in [0.29, 0.717) is 11.3 Å². The van der Waals surface area contributed by atoms with Gasteiger partial charge in [0.25, 0.3) is 0 Å². The van der Waals surface area contributed by atoms with Crippen molar-refractivity contribution >= 4 is 5.78 Å². The predicted octanol–water partition coefficient (Wildman–Crippen LogP) is 3.17. The fourth-order valence-corrected chi connectivity index (χ4v) is 4.02. The van der Waals surface area contributed by atoms with Crippen molar-refractivity contribution in [1.82, 2.24) is 4.90 Å². The Morgan fingerprint density at radius 3 is 2.72 bits per heavy atom. The summed E-state index contributed by atoms with van der Waals surface area (Å²) in [5.74, 6) is 0.107. The Bertz CT molecular complexity index is 930. The first-order valence-corrected chi connectivity index (χ1v) is 8.50. The van der Waals surface area contributed by atoms with Crippen molar-refractivity contribution in [3.63, 3.8) is 0 Å². The molecule has 1 fully saturated rings. The van der Waals surface area contributed by atoms with E-state index < -0.39 is 5.60 Å². The number of hydrogen-bond donors (Lipinski definition) is 0. The zero-order chi connectivity index (χ0) is 17.8. The molecule has 124 valence electrons. The number of nitriles is 2. The number of Topliss-reactive ketones (excluding diaryl/α,β-unsaturated/α-hetero) is 1. The Hall–Kier alpha value is -3.05. The van der Waals surface area contributed by atoms with E-state index in [1.54, 1.807) is 12.1 Å². The Morgan fingerprint density at radius 1 is 1.32 bits per heavy atom. The lowest BCUT2D eigenvalue weighted by Crippen LogP contribution is -2.40. The van der Waals surface area contributed by atoms with Crippen LogP contribution in [0.3, 0.4) is 0 Å². The molecule has 0 aromatic carbocycles. The highest BCUT2D eigenvalue weighted by molar-refractivity contribution is 6.22. The molecule has 5 heteroatoms. The molecule has 4 aliphatic rings. The maximum atomic E-state index is 12.4. The molecule has 1 saturated heterocycles. The van der Waals surface area contributed by atoms with Crippen molar-refractivity contribution in [2.75, 3.05) is 6.54 Å². The lowest BCUT2D eigenvalue weighted by molar-refractivity contribution is -0.114. The third-order valence-electron chi connectivity index (χ3n) is 5.16. The first kappa shape index (κ1) is 15.5. The summed E-state index contributed by atoms with van der Waals surface area (Å²) < 4.78 is 6.29. The third kappa shape index (κ3) is 1.84. The first-order valence-electron chi connectivity index (χ1n) is 8.50. The molecule has 0 saturated carbocycles. The highest BCUT2D eigenvalue weighted by Gasteiger charge is 2.54. The minimum Gasteiger partial charge on any atom is -0.475 e. The SMILES string of the molecule is CCCN1C2=CCCC=C2C2(C)OC3=C(C=C12)C(=O)C3=C(C#N)C#N. The van der Waals surface area contributed by atoms with Crippen molar-refractivity contribution in [2.45, 2.75) is 38.7 Å². The fourth-order valence-electron chi connectivity index (χ4n) is 4.02. The average molecular weight is 331 g/mol. The minimum absolute atomic E-state index is 0.118. The number of fused-ring (bicyclic) bond motifs is 3. The second-order valence-corrected chi connectivity index (χ2v) is 6.65. The summed E-state index contributed by atoms with van der Waals surface area (Å²) in [5.41, 5.74) is 2.96. The molecule has 0 aromatic rings. The highest BCUT2D eigenvalue weighted by Crippen LogP contribution is 2.54. The van der Waals surface area contributed by atoms with Crippen LogP contribution >= 0.6 is 0 Å². The second kappa shape index (κ2) is 5.22. The maximum Gasteiger partial charge on any atom is 0.202 e. The molecule has 0 bridgehead atoms. The summed E-state index contributed by atoms with van der Waals surface area (Å²) in [7, 11) is 0. The van der Waals surface area contributed by atoms with Crippen molar-refractivity contribution in [3.05, 3.63) is 57.7 Å². The monoisotopic (exact) mass is 331 g/mol. The topological polar surface area (TPSA) is 77.1 Å². The average Bonchev–Trinajstić information content (AvgIpc) is 2.87. The van der Waals surface area contributed by atoms with E-state index in [-0.39, 0.29) is 16.9 Å². The Morgan fingerprint density at radius 2 is 2.04 bits per heavy atom. The van der Waals surface area contributed by atoms with E-state index >= 15 is 0 Å². The van der Waals surface area contributed by atoms with E-state index in [0.717, 1.165) is 42.8 Å². The smallest absolute Gasteiger partial charge is 0.202 e. The molecule has 0 amide bonds. The van der Waals surface area contributed by atoms with Gasteiger partial charge in [0.05, 0.1) is 16.8 Å². The van der Waals surface area contributed by atoms with Crippen molar-refractivity contribution in [1.29, 1.82) is 10.5 Å². The number of rotatable bonds is 2. The van der Waals surface area contributed by atoms with Crippen LogP contribution in [0.1, 0.15) is 33.1 Å². The largest absolute Gasteiger partial charge is 0.475 e. The van der Waals surface area contributed by atoms with Crippen LogP contribution in [0.5, 0.6) is 0 Å². The van der Waals surface area contributed by atoms with Crippen LogP contribution in [-0.4, -0.2) is 22.8 Å². The Balaban J connectivity index is 1.88. The Kier molecular flexibility index (Phi) is 3.23. The van der Waals surface area contributed by atoms with Gasteiger partial charge in [0.1, 0.15) is 23.5 Å². The molecule has 0 N–H and O–H groups in total. The van der Waals surface area contributed by atoms with Gasteiger partial charge in [0, 0.05) is 17.8 Å². The van der Waals surface area contributed by atoms with Gasteiger partial charge >= 0.3 is 0 Å². The van der Waals surface area contributed by atoms with E-state index in [2.05, 4.69) is 24.0 Å². The molecule has 0 aromatic heterocycles. The maximum absolute atomic E-state index is 12.4. The van der Waals surface area contributed by atoms with Crippen LogP contribution in [0.2, 0.25) is 0 Å². The molecule has 2 heterocycles. The van der Waals surface area contributed by atoms with Crippen molar-refractivity contribution < 1.29 is 9.53 Å². The Labute approximate surface area is 146 Å². The molecule has 1 atom stereocenters. The molecule has 0 radical (unpaired) electrons. The summed E-state index contributed by atoms with van der Waals surface area (Å²) in [4.78, 5) is 14.7. The lowest BCUT2D eigenvalue weighted by atomic mass is 9.79. The van der Waals surface area contributed by atoms with Gasteiger partial charge in [0.15, 0.2) is 5.60 Å². The van der Waals surface area contributed by atoms with Gasteiger partial charge in [-0.25, -0.2) is 0 Å². The first-order chi connectivity index (χ1) is 12.1. The molecule has 4 rings (SSSR count). The summed E-state index contributed by atoms with van der Waals surface area (Å²) >= 11 is 0. The van der Waals surface area contributed by atoms with Gasteiger partial charge in [-0.1, -0.05) is 19.1 Å². The van der Waals surface area contributed by atoms with E-state index in [1.807, 2.05) is 13.0 Å². The van der Waals surface area contributed by atoms with Crippen LogP contribution in [0, 0.1) is 22.7 Å². The predicted molar refractivity (Wildman–Crippen MR) is 90.3 cm³/mol. The second-order valence-electron chi connectivity index (χ2n) is 6.65. The van der Waals surface area contributed by atoms with E-state index in [4.69, 9.17) is 15.3 Å². The molecule has 25 heavy (non-hydrogen) atoms. The third-order valence-corrected chi connectivity index (χ3v) is 5.16. The van der Waals surface area contributed by atoms with Gasteiger partial charge < -0.3 is 9.64 Å². The van der Waals surface area contributed by atoms with E-state index in [1.165, 1.54) is 0 Å². The molecule has 2 aliphatic heterocycles. The van der Waals surface area contributed by atoms with Gasteiger partial charge in [-0.2, -0.15) is 10.5 Å². The van der Waals surface area contributed by atoms with Crippen LogP contribution in [-0.2, 0) is 9.53 Å². The zero-order valence-electron chi connectivity index (χ0n) is 14.2.